The molecule has 0 radical (unpaired) electrons. The summed E-state index contributed by atoms with van der Waals surface area (Å²) < 4.78 is 15.7. The minimum absolute atomic E-state index is 0.0428. The lowest BCUT2D eigenvalue weighted by Crippen LogP contribution is -2.25. The smallest absolute Gasteiger partial charge is 0.153 e. The summed E-state index contributed by atoms with van der Waals surface area (Å²) in [6.07, 6.45) is 0.686. The summed E-state index contributed by atoms with van der Waals surface area (Å²) in [6.45, 7) is 2.86. The average molecular weight is 327 g/mol. The lowest BCUT2D eigenvalue weighted by atomic mass is 10.0. The lowest BCUT2D eigenvalue weighted by molar-refractivity contribution is 0.503. The van der Waals surface area contributed by atoms with Gasteiger partial charge in [0.25, 0.3) is 0 Å². The molecule has 0 saturated carbocycles. The van der Waals surface area contributed by atoms with Crippen LogP contribution in [0.15, 0.2) is 28.9 Å². The van der Waals surface area contributed by atoms with Gasteiger partial charge in [0.15, 0.2) is 4.60 Å². The van der Waals surface area contributed by atoms with Crippen molar-refractivity contribution in [3.05, 3.63) is 45.9 Å². The van der Waals surface area contributed by atoms with Gasteiger partial charge in [-0.25, -0.2) is 9.07 Å². The van der Waals surface area contributed by atoms with Crippen molar-refractivity contribution in [1.29, 1.82) is 0 Å². The van der Waals surface area contributed by atoms with Crippen molar-refractivity contribution in [3.63, 3.8) is 0 Å². The van der Waals surface area contributed by atoms with Gasteiger partial charge in [0.2, 0.25) is 0 Å². The second-order valence-electron chi connectivity index (χ2n) is 4.33. The van der Waals surface area contributed by atoms with Gasteiger partial charge in [-0.2, -0.15) is 0 Å². The summed E-state index contributed by atoms with van der Waals surface area (Å²) >= 11 is 3.41. The fraction of sp³-hybridized carbons (Fsp3) is 0.385. The van der Waals surface area contributed by atoms with Crippen LogP contribution in [0.4, 0.5) is 4.39 Å². The van der Waals surface area contributed by atoms with E-state index in [-0.39, 0.29) is 11.9 Å². The first kappa shape index (κ1) is 14.1. The Hall–Kier alpha value is -1.27. The first-order valence-corrected chi connectivity index (χ1v) is 6.94. The van der Waals surface area contributed by atoms with E-state index in [1.54, 1.807) is 16.8 Å². The van der Waals surface area contributed by atoms with Gasteiger partial charge in [0, 0.05) is 7.05 Å². The number of aryl methyl sites for hydroxylation is 1. The molecule has 19 heavy (non-hydrogen) atoms. The van der Waals surface area contributed by atoms with Crippen LogP contribution in [0.2, 0.25) is 0 Å². The molecule has 0 amide bonds. The van der Waals surface area contributed by atoms with E-state index in [1.807, 2.05) is 20.0 Å². The Morgan fingerprint density at radius 2 is 2.26 bits per heavy atom. The van der Waals surface area contributed by atoms with Gasteiger partial charge in [-0.3, -0.25) is 0 Å². The molecule has 0 aliphatic rings. The number of aromatic nitrogens is 3. The number of likely N-dealkylation sites (N-methyl/N-ethyl adjacent to an activating group) is 1. The number of hydrogen-bond acceptors (Lipinski definition) is 3. The van der Waals surface area contributed by atoms with Gasteiger partial charge in [0.1, 0.15) is 5.82 Å². The van der Waals surface area contributed by atoms with Crippen LogP contribution in [-0.2, 0) is 13.5 Å². The fourth-order valence-electron chi connectivity index (χ4n) is 2.12. The van der Waals surface area contributed by atoms with Gasteiger partial charge in [-0.05, 0) is 46.6 Å². The Balaban J connectivity index is 2.26. The molecule has 1 aromatic carbocycles. The van der Waals surface area contributed by atoms with E-state index in [4.69, 9.17) is 0 Å². The zero-order valence-corrected chi connectivity index (χ0v) is 12.5. The summed E-state index contributed by atoms with van der Waals surface area (Å²) in [5.41, 5.74) is 1.91. The number of rotatable bonds is 5. The second-order valence-corrected chi connectivity index (χ2v) is 5.08. The van der Waals surface area contributed by atoms with Crippen molar-refractivity contribution in [1.82, 2.24) is 20.3 Å². The van der Waals surface area contributed by atoms with E-state index in [9.17, 15) is 4.39 Å². The number of benzene rings is 1. The monoisotopic (exact) mass is 326 g/mol. The molecule has 2 aromatic rings. The Labute approximate surface area is 120 Å². The van der Waals surface area contributed by atoms with Crippen LogP contribution in [0.5, 0.6) is 0 Å². The highest BCUT2D eigenvalue weighted by Crippen LogP contribution is 2.24. The van der Waals surface area contributed by atoms with E-state index in [0.29, 0.717) is 6.42 Å². The van der Waals surface area contributed by atoms with Gasteiger partial charge in [-0.15, -0.1) is 5.10 Å². The van der Waals surface area contributed by atoms with E-state index in [1.165, 1.54) is 6.07 Å². The van der Waals surface area contributed by atoms with Gasteiger partial charge >= 0.3 is 0 Å². The fourth-order valence-corrected chi connectivity index (χ4v) is 2.72. The zero-order chi connectivity index (χ0) is 13.8. The molecule has 102 valence electrons. The maximum Gasteiger partial charge on any atom is 0.153 e. The van der Waals surface area contributed by atoms with E-state index >= 15 is 0 Å². The largest absolute Gasteiger partial charge is 0.309 e. The number of nitrogens with zero attached hydrogens (tertiary/aromatic N) is 3. The standard InChI is InChI=1S/C13H16BrFN4/c1-3-16-11(12-13(14)17-18-19(12)2)8-9-5-4-6-10(15)7-9/h4-7,11,16H,3,8H2,1-2H3. The van der Waals surface area contributed by atoms with Crippen LogP contribution >= 0.6 is 15.9 Å². The Bertz CT molecular complexity index is 536. The van der Waals surface area contributed by atoms with Crippen molar-refractivity contribution in [2.24, 2.45) is 7.05 Å². The van der Waals surface area contributed by atoms with Crippen molar-refractivity contribution < 1.29 is 4.39 Å². The first-order chi connectivity index (χ1) is 9.11. The predicted octanol–water partition coefficient (Wildman–Crippen LogP) is 2.61. The Morgan fingerprint density at radius 1 is 1.47 bits per heavy atom. The average Bonchev–Trinajstić information content (AvgIpc) is 2.69. The molecule has 1 atom stereocenters. The van der Waals surface area contributed by atoms with Crippen molar-refractivity contribution in [2.75, 3.05) is 6.54 Å². The molecule has 0 bridgehead atoms. The molecule has 1 unspecified atom stereocenters. The van der Waals surface area contributed by atoms with Crippen LogP contribution in [0.25, 0.3) is 0 Å². The van der Waals surface area contributed by atoms with Crippen molar-refractivity contribution in [2.45, 2.75) is 19.4 Å². The summed E-state index contributed by atoms with van der Waals surface area (Å²) in [5.74, 6) is -0.213. The molecule has 0 saturated heterocycles. The normalized spacial score (nSPS) is 12.6. The Kier molecular flexibility index (Phi) is 4.66. The highest BCUT2D eigenvalue weighted by molar-refractivity contribution is 9.10. The lowest BCUT2D eigenvalue weighted by Gasteiger charge is -2.18. The molecule has 0 fully saturated rings. The predicted molar refractivity (Wildman–Crippen MR) is 75.2 cm³/mol. The van der Waals surface area contributed by atoms with Crippen LogP contribution < -0.4 is 5.32 Å². The summed E-state index contributed by atoms with van der Waals surface area (Å²) in [7, 11) is 1.85. The zero-order valence-electron chi connectivity index (χ0n) is 10.9. The number of halogens is 2. The first-order valence-electron chi connectivity index (χ1n) is 6.14. The molecule has 1 aromatic heterocycles. The van der Waals surface area contributed by atoms with Crippen LogP contribution in [-0.4, -0.2) is 21.5 Å². The summed E-state index contributed by atoms with van der Waals surface area (Å²) in [5, 5.41) is 11.4. The summed E-state index contributed by atoms with van der Waals surface area (Å²) in [6, 6.07) is 6.70. The number of hydrogen-bond donors (Lipinski definition) is 1. The molecule has 0 spiro atoms. The van der Waals surface area contributed by atoms with Gasteiger partial charge in [-0.1, -0.05) is 24.3 Å². The number of nitrogens with one attached hydrogen (secondary N) is 1. The maximum atomic E-state index is 13.2. The third-order valence-electron chi connectivity index (χ3n) is 2.94. The van der Waals surface area contributed by atoms with Crippen LogP contribution in [0.1, 0.15) is 24.2 Å². The molecule has 6 heteroatoms. The minimum atomic E-state index is -0.213. The van der Waals surface area contributed by atoms with E-state index < -0.39 is 0 Å². The molecule has 0 aliphatic heterocycles. The van der Waals surface area contributed by atoms with Crippen LogP contribution in [0, 0.1) is 5.82 Å². The molecule has 4 nitrogen and oxygen atoms in total. The summed E-state index contributed by atoms with van der Waals surface area (Å²) in [4.78, 5) is 0. The van der Waals surface area contributed by atoms with Crippen LogP contribution in [0.3, 0.4) is 0 Å². The van der Waals surface area contributed by atoms with Gasteiger partial charge < -0.3 is 5.32 Å². The highest BCUT2D eigenvalue weighted by atomic mass is 79.9. The molecular formula is C13H16BrFN4. The Morgan fingerprint density at radius 3 is 2.84 bits per heavy atom. The maximum absolute atomic E-state index is 13.2. The van der Waals surface area contributed by atoms with Crippen molar-refractivity contribution in [3.8, 4) is 0 Å². The molecule has 2 rings (SSSR count). The third kappa shape index (κ3) is 3.39. The van der Waals surface area contributed by atoms with Gasteiger partial charge in [0.05, 0.1) is 11.7 Å². The van der Waals surface area contributed by atoms with Crippen molar-refractivity contribution >= 4 is 15.9 Å². The third-order valence-corrected chi connectivity index (χ3v) is 3.50. The molecule has 0 aliphatic carbocycles. The molecule has 1 N–H and O–H groups in total. The quantitative estimate of drug-likeness (QED) is 0.918. The van der Waals surface area contributed by atoms with E-state index in [2.05, 4.69) is 31.6 Å². The second kappa shape index (κ2) is 6.25. The molecule has 1 heterocycles. The SMILES string of the molecule is CCNC(Cc1cccc(F)c1)c1c(Br)nnn1C. The topological polar surface area (TPSA) is 42.7 Å². The molecular weight excluding hydrogens is 311 g/mol. The highest BCUT2D eigenvalue weighted by Gasteiger charge is 2.19. The minimum Gasteiger partial charge on any atom is -0.309 e. The van der Waals surface area contributed by atoms with E-state index in [0.717, 1.165) is 22.4 Å².